The first kappa shape index (κ1) is 15.4. The van der Waals surface area contributed by atoms with Gasteiger partial charge in [0.05, 0.1) is 0 Å². The molecule has 0 aliphatic carbocycles. The summed E-state index contributed by atoms with van der Waals surface area (Å²) in [6.45, 7) is 3.08. The lowest BCUT2D eigenvalue weighted by atomic mass is 10.0. The summed E-state index contributed by atoms with van der Waals surface area (Å²) in [6.07, 6.45) is 3.03. The van der Waals surface area contributed by atoms with Crippen molar-refractivity contribution < 1.29 is 14.7 Å². The van der Waals surface area contributed by atoms with E-state index in [2.05, 4.69) is 11.4 Å². The van der Waals surface area contributed by atoms with Gasteiger partial charge in [0.15, 0.2) is 0 Å². The zero-order valence-corrected chi connectivity index (χ0v) is 12.3. The van der Waals surface area contributed by atoms with Crippen LogP contribution in [0.3, 0.4) is 0 Å². The molecule has 2 amide bonds. The van der Waals surface area contributed by atoms with Gasteiger partial charge in [0.25, 0.3) is 0 Å². The lowest BCUT2D eigenvalue weighted by Crippen LogP contribution is -2.52. The highest BCUT2D eigenvalue weighted by Crippen LogP contribution is 2.17. The van der Waals surface area contributed by atoms with E-state index in [1.165, 1.54) is 16.0 Å². The molecule has 1 fully saturated rings. The number of hydrogen-bond acceptors (Lipinski definition) is 2. The standard InChI is InChI=1S/C16H22N2O3/c1-12-5-4-6-13(11-12)8-9-17-16(21)18-10-3-2-7-14(18)15(19)20/h4-6,11,14H,2-3,7-10H2,1H3,(H,17,21)(H,19,20). The maximum Gasteiger partial charge on any atom is 0.326 e. The highest BCUT2D eigenvalue weighted by molar-refractivity contribution is 5.82. The number of carbonyl (C=O) groups excluding carboxylic acids is 1. The van der Waals surface area contributed by atoms with E-state index < -0.39 is 12.0 Å². The van der Waals surface area contributed by atoms with Gasteiger partial charge in [0.1, 0.15) is 6.04 Å². The summed E-state index contributed by atoms with van der Waals surface area (Å²) < 4.78 is 0. The van der Waals surface area contributed by atoms with Crippen molar-refractivity contribution in [1.82, 2.24) is 10.2 Å². The molecule has 1 atom stereocenters. The number of carbonyl (C=O) groups is 2. The summed E-state index contributed by atoms with van der Waals surface area (Å²) >= 11 is 0. The summed E-state index contributed by atoms with van der Waals surface area (Å²) in [5, 5.41) is 12.0. The fraction of sp³-hybridized carbons (Fsp3) is 0.500. The molecule has 1 aromatic carbocycles. The number of nitrogens with zero attached hydrogens (tertiary/aromatic N) is 1. The second kappa shape index (κ2) is 7.11. The van der Waals surface area contributed by atoms with Crippen LogP contribution in [0.1, 0.15) is 30.4 Å². The number of benzene rings is 1. The maximum absolute atomic E-state index is 12.1. The number of aliphatic carboxylic acids is 1. The Balaban J connectivity index is 1.84. The predicted molar refractivity (Wildman–Crippen MR) is 80.3 cm³/mol. The normalized spacial score (nSPS) is 18.3. The van der Waals surface area contributed by atoms with Crippen molar-refractivity contribution in [3.63, 3.8) is 0 Å². The number of piperidine rings is 1. The topological polar surface area (TPSA) is 69.6 Å². The van der Waals surface area contributed by atoms with E-state index >= 15 is 0 Å². The molecule has 0 aromatic heterocycles. The first-order valence-corrected chi connectivity index (χ1v) is 7.41. The SMILES string of the molecule is Cc1cccc(CCNC(=O)N2CCCCC2C(=O)O)c1. The maximum atomic E-state index is 12.1. The largest absolute Gasteiger partial charge is 0.480 e. The molecule has 1 saturated heterocycles. The van der Waals surface area contributed by atoms with Crippen LogP contribution in [-0.4, -0.2) is 41.1 Å². The van der Waals surface area contributed by atoms with Crippen LogP contribution in [0.25, 0.3) is 0 Å². The Kier molecular flexibility index (Phi) is 5.20. The van der Waals surface area contributed by atoms with Crippen LogP contribution in [0.15, 0.2) is 24.3 Å². The van der Waals surface area contributed by atoms with Gasteiger partial charge in [-0.2, -0.15) is 0 Å². The van der Waals surface area contributed by atoms with Gasteiger partial charge < -0.3 is 15.3 Å². The van der Waals surface area contributed by atoms with Crippen molar-refractivity contribution >= 4 is 12.0 Å². The van der Waals surface area contributed by atoms with Crippen LogP contribution in [0.4, 0.5) is 4.79 Å². The second-order valence-corrected chi connectivity index (χ2v) is 5.51. The monoisotopic (exact) mass is 290 g/mol. The van der Waals surface area contributed by atoms with Gasteiger partial charge in [-0.05, 0) is 38.2 Å². The van der Waals surface area contributed by atoms with Crippen molar-refractivity contribution in [3.05, 3.63) is 35.4 Å². The van der Waals surface area contributed by atoms with Crippen LogP contribution < -0.4 is 5.32 Å². The van der Waals surface area contributed by atoms with Crippen molar-refractivity contribution in [2.75, 3.05) is 13.1 Å². The van der Waals surface area contributed by atoms with Crippen molar-refractivity contribution in [2.24, 2.45) is 0 Å². The molecule has 1 aliphatic heterocycles. The van der Waals surface area contributed by atoms with E-state index in [-0.39, 0.29) is 6.03 Å². The Morgan fingerprint density at radius 2 is 2.19 bits per heavy atom. The number of likely N-dealkylation sites (tertiary alicyclic amines) is 1. The van der Waals surface area contributed by atoms with Gasteiger partial charge in [0.2, 0.25) is 0 Å². The van der Waals surface area contributed by atoms with Crippen LogP contribution >= 0.6 is 0 Å². The molecule has 5 heteroatoms. The number of nitrogens with one attached hydrogen (secondary N) is 1. The zero-order chi connectivity index (χ0) is 15.2. The van der Waals surface area contributed by atoms with E-state index in [1.54, 1.807) is 0 Å². The number of hydrogen-bond donors (Lipinski definition) is 2. The highest BCUT2D eigenvalue weighted by Gasteiger charge is 2.31. The van der Waals surface area contributed by atoms with Gasteiger partial charge in [-0.1, -0.05) is 29.8 Å². The molecular formula is C16H22N2O3. The number of rotatable bonds is 4. The van der Waals surface area contributed by atoms with Crippen LogP contribution in [0.5, 0.6) is 0 Å². The lowest BCUT2D eigenvalue weighted by molar-refractivity contribution is -0.143. The Morgan fingerprint density at radius 3 is 2.90 bits per heavy atom. The lowest BCUT2D eigenvalue weighted by Gasteiger charge is -2.32. The third kappa shape index (κ3) is 4.21. The molecule has 1 unspecified atom stereocenters. The van der Waals surface area contributed by atoms with Crippen LogP contribution in [0.2, 0.25) is 0 Å². The fourth-order valence-electron chi connectivity index (χ4n) is 2.71. The molecule has 0 saturated carbocycles. The number of amides is 2. The summed E-state index contributed by atoms with van der Waals surface area (Å²) in [5.41, 5.74) is 2.37. The van der Waals surface area contributed by atoms with E-state index in [0.717, 1.165) is 19.3 Å². The van der Waals surface area contributed by atoms with Gasteiger partial charge >= 0.3 is 12.0 Å². The predicted octanol–water partition coefficient (Wildman–Crippen LogP) is 2.19. The van der Waals surface area contributed by atoms with E-state index in [4.69, 9.17) is 5.11 Å². The van der Waals surface area contributed by atoms with E-state index in [1.807, 2.05) is 25.1 Å². The number of carboxylic acids is 1. The molecule has 5 nitrogen and oxygen atoms in total. The van der Waals surface area contributed by atoms with Crippen LogP contribution in [-0.2, 0) is 11.2 Å². The molecule has 0 radical (unpaired) electrons. The number of carboxylic acid groups (broad SMARTS) is 1. The zero-order valence-electron chi connectivity index (χ0n) is 12.3. The smallest absolute Gasteiger partial charge is 0.326 e. The summed E-state index contributed by atoms with van der Waals surface area (Å²) in [7, 11) is 0. The Hall–Kier alpha value is -2.04. The van der Waals surface area contributed by atoms with Crippen LogP contribution in [0, 0.1) is 6.92 Å². The minimum absolute atomic E-state index is 0.269. The quantitative estimate of drug-likeness (QED) is 0.893. The molecule has 1 aromatic rings. The second-order valence-electron chi connectivity index (χ2n) is 5.51. The summed E-state index contributed by atoms with van der Waals surface area (Å²) in [4.78, 5) is 24.7. The van der Waals surface area contributed by atoms with Gasteiger partial charge in [-0.25, -0.2) is 9.59 Å². The molecule has 1 aliphatic rings. The minimum atomic E-state index is -0.913. The number of aryl methyl sites for hydroxylation is 1. The average molecular weight is 290 g/mol. The molecule has 21 heavy (non-hydrogen) atoms. The Labute approximate surface area is 125 Å². The molecule has 1 heterocycles. The fourth-order valence-corrected chi connectivity index (χ4v) is 2.71. The first-order valence-electron chi connectivity index (χ1n) is 7.41. The first-order chi connectivity index (χ1) is 10.1. The molecule has 0 spiro atoms. The minimum Gasteiger partial charge on any atom is -0.480 e. The molecular weight excluding hydrogens is 268 g/mol. The Morgan fingerprint density at radius 1 is 1.38 bits per heavy atom. The molecule has 2 rings (SSSR count). The third-order valence-electron chi connectivity index (χ3n) is 3.82. The number of urea groups is 1. The Bertz CT molecular complexity index is 516. The van der Waals surface area contributed by atoms with Gasteiger partial charge in [-0.3, -0.25) is 0 Å². The van der Waals surface area contributed by atoms with Crippen molar-refractivity contribution in [1.29, 1.82) is 0 Å². The molecule has 114 valence electrons. The van der Waals surface area contributed by atoms with Gasteiger partial charge in [-0.15, -0.1) is 0 Å². The van der Waals surface area contributed by atoms with E-state index in [9.17, 15) is 9.59 Å². The summed E-state index contributed by atoms with van der Waals surface area (Å²) in [6, 6.07) is 7.20. The van der Waals surface area contributed by atoms with Crippen molar-refractivity contribution in [2.45, 2.75) is 38.6 Å². The van der Waals surface area contributed by atoms with Gasteiger partial charge in [0, 0.05) is 13.1 Å². The summed E-state index contributed by atoms with van der Waals surface area (Å²) in [5.74, 6) is -0.913. The third-order valence-corrected chi connectivity index (χ3v) is 3.82. The van der Waals surface area contributed by atoms with Crippen molar-refractivity contribution in [3.8, 4) is 0 Å². The van der Waals surface area contributed by atoms with E-state index in [0.29, 0.717) is 19.5 Å². The average Bonchev–Trinajstić information content (AvgIpc) is 2.47. The molecule has 2 N–H and O–H groups in total. The highest BCUT2D eigenvalue weighted by atomic mass is 16.4. The molecule has 0 bridgehead atoms.